The second-order valence-electron chi connectivity index (χ2n) is 5.15. The lowest BCUT2D eigenvalue weighted by atomic mass is 9.85. The van der Waals surface area contributed by atoms with Gasteiger partial charge in [-0.1, -0.05) is 12.8 Å². The zero-order valence-corrected chi connectivity index (χ0v) is 10.3. The van der Waals surface area contributed by atoms with Gasteiger partial charge in [0.25, 0.3) is 0 Å². The molecule has 0 aromatic carbocycles. The fourth-order valence-electron chi connectivity index (χ4n) is 3.02. The van der Waals surface area contributed by atoms with Gasteiger partial charge in [-0.05, 0) is 39.2 Å². The van der Waals surface area contributed by atoms with Crippen molar-refractivity contribution in [2.75, 3.05) is 12.3 Å². The summed E-state index contributed by atoms with van der Waals surface area (Å²) in [7, 11) is -2.84. The lowest BCUT2D eigenvalue weighted by Crippen LogP contribution is -2.58. The Kier molecular flexibility index (Phi) is 3.08. The fraction of sp³-hybridized carbons (Fsp3) is 1.00. The smallest absolute Gasteiger partial charge is 0.154 e. The Morgan fingerprint density at radius 3 is 2.60 bits per heavy atom. The topological polar surface area (TPSA) is 46.2 Å². The molecule has 0 spiro atoms. The van der Waals surface area contributed by atoms with Crippen LogP contribution in [0, 0.1) is 0 Å². The van der Waals surface area contributed by atoms with Gasteiger partial charge in [-0.3, -0.25) is 0 Å². The maximum atomic E-state index is 12.0. The first kappa shape index (κ1) is 11.4. The summed E-state index contributed by atoms with van der Waals surface area (Å²) >= 11 is 0. The van der Waals surface area contributed by atoms with Gasteiger partial charge in [0.15, 0.2) is 9.84 Å². The monoisotopic (exact) mass is 231 g/mol. The number of hydrogen-bond acceptors (Lipinski definition) is 3. The minimum absolute atomic E-state index is 0.140. The summed E-state index contributed by atoms with van der Waals surface area (Å²) < 4.78 is 24.1. The second-order valence-corrected chi connectivity index (χ2v) is 7.46. The van der Waals surface area contributed by atoms with Crippen LogP contribution in [0.1, 0.15) is 45.4 Å². The molecule has 2 unspecified atom stereocenters. The summed E-state index contributed by atoms with van der Waals surface area (Å²) in [5, 5.41) is 3.30. The molecule has 2 rings (SSSR count). The predicted molar refractivity (Wildman–Crippen MR) is 61.7 cm³/mol. The summed E-state index contributed by atoms with van der Waals surface area (Å²) in [6, 6.07) is 0. The van der Waals surface area contributed by atoms with Crippen LogP contribution in [0.25, 0.3) is 0 Å². The van der Waals surface area contributed by atoms with Crippen LogP contribution in [0.4, 0.5) is 0 Å². The molecule has 4 heteroatoms. The normalized spacial score (nSPS) is 41.3. The lowest BCUT2D eigenvalue weighted by Gasteiger charge is -2.42. The Labute approximate surface area is 92.6 Å². The molecule has 2 aliphatic rings. The third-order valence-corrected chi connectivity index (χ3v) is 6.42. The SMILES string of the molecule is CC1(C2CCCCS2(=O)=O)CCCCN1. The number of piperidine rings is 1. The van der Waals surface area contributed by atoms with Gasteiger partial charge >= 0.3 is 0 Å². The molecule has 88 valence electrons. The lowest BCUT2D eigenvalue weighted by molar-refractivity contribution is 0.252. The number of sulfone groups is 1. The zero-order chi connectivity index (χ0) is 10.9. The maximum Gasteiger partial charge on any atom is 0.154 e. The van der Waals surface area contributed by atoms with Gasteiger partial charge in [0.2, 0.25) is 0 Å². The van der Waals surface area contributed by atoms with Crippen LogP contribution in [-0.4, -0.2) is 31.5 Å². The third-order valence-electron chi connectivity index (χ3n) is 3.94. The summed E-state index contributed by atoms with van der Waals surface area (Å²) in [5.74, 6) is 0.398. The Morgan fingerprint density at radius 2 is 2.00 bits per heavy atom. The van der Waals surface area contributed by atoms with E-state index in [1.54, 1.807) is 0 Å². The molecular formula is C11H21NO2S. The van der Waals surface area contributed by atoms with Crippen LogP contribution in [-0.2, 0) is 9.84 Å². The van der Waals surface area contributed by atoms with Crippen molar-refractivity contribution in [3.63, 3.8) is 0 Å². The summed E-state index contributed by atoms with van der Waals surface area (Å²) in [6.45, 7) is 3.07. The van der Waals surface area contributed by atoms with E-state index in [1.165, 1.54) is 6.42 Å². The highest BCUT2D eigenvalue weighted by Crippen LogP contribution is 2.33. The van der Waals surface area contributed by atoms with Gasteiger partial charge in [-0.25, -0.2) is 8.42 Å². The highest BCUT2D eigenvalue weighted by molar-refractivity contribution is 7.92. The van der Waals surface area contributed by atoms with Crippen LogP contribution in [0.5, 0.6) is 0 Å². The van der Waals surface area contributed by atoms with Crippen molar-refractivity contribution in [3.8, 4) is 0 Å². The van der Waals surface area contributed by atoms with E-state index in [4.69, 9.17) is 0 Å². The Morgan fingerprint density at radius 1 is 1.20 bits per heavy atom. The van der Waals surface area contributed by atoms with Crippen molar-refractivity contribution in [1.82, 2.24) is 5.32 Å². The highest BCUT2D eigenvalue weighted by atomic mass is 32.2. The van der Waals surface area contributed by atoms with E-state index < -0.39 is 9.84 Å². The van der Waals surface area contributed by atoms with Crippen molar-refractivity contribution in [1.29, 1.82) is 0 Å². The standard InChI is InChI=1S/C11H21NO2S/c1-11(7-3-4-8-12-11)10-6-2-5-9-15(10,13)14/h10,12H,2-9H2,1H3. The molecular weight excluding hydrogens is 210 g/mol. The molecule has 0 aliphatic carbocycles. The van der Waals surface area contributed by atoms with Crippen LogP contribution in [0.2, 0.25) is 0 Å². The number of nitrogens with one attached hydrogen (secondary N) is 1. The molecule has 15 heavy (non-hydrogen) atoms. The van der Waals surface area contributed by atoms with Crippen molar-refractivity contribution in [2.45, 2.75) is 56.2 Å². The van der Waals surface area contributed by atoms with Crippen molar-refractivity contribution in [2.24, 2.45) is 0 Å². The van der Waals surface area contributed by atoms with Crippen molar-refractivity contribution < 1.29 is 8.42 Å². The Hall–Kier alpha value is -0.0900. The molecule has 2 heterocycles. The molecule has 2 fully saturated rings. The van der Waals surface area contributed by atoms with Gasteiger partial charge in [0.05, 0.1) is 11.0 Å². The van der Waals surface area contributed by atoms with E-state index in [1.807, 2.05) is 0 Å². The van der Waals surface area contributed by atoms with Gasteiger partial charge < -0.3 is 5.32 Å². The Balaban J connectivity index is 2.20. The molecule has 0 bridgehead atoms. The first-order valence-corrected chi connectivity index (χ1v) is 7.73. The van der Waals surface area contributed by atoms with Gasteiger partial charge in [0.1, 0.15) is 0 Å². The molecule has 2 aliphatic heterocycles. The zero-order valence-electron chi connectivity index (χ0n) is 9.46. The van der Waals surface area contributed by atoms with Crippen LogP contribution >= 0.6 is 0 Å². The van der Waals surface area contributed by atoms with Crippen molar-refractivity contribution >= 4 is 9.84 Å². The fourth-order valence-corrected chi connectivity index (χ4v) is 5.43. The third kappa shape index (κ3) is 2.21. The van der Waals surface area contributed by atoms with E-state index in [0.717, 1.165) is 38.6 Å². The summed E-state index contributed by atoms with van der Waals surface area (Å²) in [6.07, 6.45) is 6.14. The first-order valence-electron chi connectivity index (χ1n) is 6.01. The quantitative estimate of drug-likeness (QED) is 0.743. The number of hydrogen-bond donors (Lipinski definition) is 1. The van der Waals surface area contributed by atoms with Gasteiger partial charge in [0, 0.05) is 5.54 Å². The molecule has 2 saturated heterocycles. The average Bonchev–Trinajstić information content (AvgIpc) is 2.17. The number of rotatable bonds is 1. The minimum atomic E-state index is -2.84. The predicted octanol–water partition coefficient (Wildman–Crippen LogP) is 1.49. The van der Waals surface area contributed by atoms with Crippen LogP contribution in [0.15, 0.2) is 0 Å². The molecule has 3 nitrogen and oxygen atoms in total. The van der Waals surface area contributed by atoms with Crippen molar-refractivity contribution in [3.05, 3.63) is 0 Å². The van der Waals surface area contributed by atoms with Gasteiger partial charge in [-0.15, -0.1) is 0 Å². The molecule has 2 atom stereocenters. The molecule has 0 aromatic heterocycles. The average molecular weight is 231 g/mol. The summed E-state index contributed by atoms with van der Waals surface area (Å²) in [4.78, 5) is 0. The minimum Gasteiger partial charge on any atom is -0.310 e. The molecule has 0 aromatic rings. The molecule has 0 radical (unpaired) electrons. The van der Waals surface area contributed by atoms with E-state index >= 15 is 0 Å². The molecule has 0 saturated carbocycles. The van der Waals surface area contributed by atoms with E-state index in [-0.39, 0.29) is 10.8 Å². The van der Waals surface area contributed by atoms with E-state index in [0.29, 0.717) is 5.75 Å². The Bertz CT molecular complexity index is 317. The largest absolute Gasteiger partial charge is 0.310 e. The van der Waals surface area contributed by atoms with Crippen LogP contribution in [0.3, 0.4) is 0 Å². The maximum absolute atomic E-state index is 12.0. The van der Waals surface area contributed by atoms with E-state index in [9.17, 15) is 8.42 Å². The van der Waals surface area contributed by atoms with Crippen LogP contribution < -0.4 is 5.32 Å². The summed E-state index contributed by atoms with van der Waals surface area (Å²) in [5.41, 5.74) is -0.155. The first-order chi connectivity index (χ1) is 7.05. The van der Waals surface area contributed by atoms with E-state index in [2.05, 4.69) is 12.2 Å². The second kappa shape index (κ2) is 4.06. The highest BCUT2D eigenvalue weighted by Gasteiger charge is 2.43. The molecule has 1 N–H and O–H groups in total. The molecule has 0 amide bonds. The van der Waals surface area contributed by atoms with Gasteiger partial charge in [-0.2, -0.15) is 0 Å².